The van der Waals surface area contributed by atoms with Crippen molar-refractivity contribution >= 4 is 5.91 Å². The molecule has 0 spiro atoms. The highest BCUT2D eigenvalue weighted by Crippen LogP contribution is 2.58. The third-order valence-corrected chi connectivity index (χ3v) is 6.58. The average molecular weight is 323 g/mol. The van der Waals surface area contributed by atoms with Gasteiger partial charge in [0, 0.05) is 26.7 Å². The van der Waals surface area contributed by atoms with Crippen molar-refractivity contribution in [3.63, 3.8) is 0 Å². The van der Waals surface area contributed by atoms with Gasteiger partial charge < -0.3 is 19.8 Å². The second kappa shape index (κ2) is 6.34. The predicted molar refractivity (Wildman–Crippen MR) is 91.2 cm³/mol. The van der Waals surface area contributed by atoms with Gasteiger partial charge in [0.2, 0.25) is 5.91 Å². The number of carbonyl (C=O) groups excluding carboxylic acids is 1. The minimum atomic E-state index is -0.780. The summed E-state index contributed by atoms with van der Waals surface area (Å²) in [6, 6.07) is 0. The van der Waals surface area contributed by atoms with Crippen LogP contribution in [-0.2, 0) is 4.79 Å². The molecule has 2 heterocycles. The van der Waals surface area contributed by atoms with Crippen LogP contribution >= 0.6 is 0 Å². The zero-order valence-electron chi connectivity index (χ0n) is 15.1. The lowest BCUT2D eigenvalue weighted by atomic mass is 9.76. The highest BCUT2D eigenvalue weighted by atomic mass is 16.3. The second-order valence-corrected chi connectivity index (χ2v) is 8.35. The fraction of sp³-hybridized carbons (Fsp3) is 0.944. The van der Waals surface area contributed by atoms with Gasteiger partial charge in [0.05, 0.1) is 11.0 Å². The van der Waals surface area contributed by atoms with Gasteiger partial charge in [0.1, 0.15) is 0 Å². The molecule has 1 N–H and O–H groups in total. The Labute approximate surface area is 140 Å². The van der Waals surface area contributed by atoms with Crippen LogP contribution in [0.3, 0.4) is 0 Å². The van der Waals surface area contributed by atoms with Gasteiger partial charge in [-0.3, -0.25) is 4.79 Å². The summed E-state index contributed by atoms with van der Waals surface area (Å²) < 4.78 is 0. The molecule has 1 amide bonds. The lowest BCUT2D eigenvalue weighted by Gasteiger charge is -2.43. The van der Waals surface area contributed by atoms with Crippen molar-refractivity contribution in [1.29, 1.82) is 0 Å². The van der Waals surface area contributed by atoms with Gasteiger partial charge in [-0.1, -0.05) is 0 Å². The number of hydrogen-bond acceptors (Lipinski definition) is 4. The molecule has 5 nitrogen and oxygen atoms in total. The molecule has 0 bridgehead atoms. The van der Waals surface area contributed by atoms with E-state index in [1.54, 1.807) is 0 Å². The van der Waals surface area contributed by atoms with Gasteiger partial charge in [-0.05, 0) is 71.6 Å². The monoisotopic (exact) mass is 323 g/mol. The summed E-state index contributed by atoms with van der Waals surface area (Å²) in [6.07, 6.45) is 5.55. The van der Waals surface area contributed by atoms with Crippen molar-refractivity contribution < 1.29 is 9.90 Å². The molecule has 3 aliphatic rings. The van der Waals surface area contributed by atoms with Gasteiger partial charge in [0.15, 0.2) is 0 Å². The Kier molecular flexibility index (Phi) is 4.73. The Balaban J connectivity index is 1.60. The number of nitrogens with zero attached hydrogens (tertiary/aromatic N) is 3. The minimum Gasteiger partial charge on any atom is -0.389 e. The summed E-state index contributed by atoms with van der Waals surface area (Å²) in [6.45, 7) is 4.90. The van der Waals surface area contributed by atoms with Crippen molar-refractivity contribution in [1.82, 2.24) is 14.7 Å². The number of aliphatic hydroxyl groups is 1. The molecule has 0 aromatic heterocycles. The molecule has 132 valence electrons. The van der Waals surface area contributed by atoms with Crippen LogP contribution < -0.4 is 0 Å². The largest absolute Gasteiger partial charge is 0.389 e. The van der Waals surface area contributed by atoms with E-state index < -0.39 is 11.0 Å². The summed E-state index contributed by atoms with van der Waals surface area (Å²) in [7, 11) is 6.20. The number of piperidine rings is 2. The predicted octanol–water partition coefficient (Wildman–Crippen LogP) is 1.02. The van der Waals surface area contributed by atoms with Gasteiger partial charge in [-0.15, -0.1) is 0 Å². The van der Waals surface area contributed by atoms with Crippen LogP contribution in [-0.4, -0.2) is 85.2 Å². The molecule has 0 atom stereocenters. The van der Waals surface area contributed by atoms with Gasteiger partial charge >= 0.3 is 0 Å². The SMILES string of the molecule is CN1CCC(CN(C)C(=O)C2(C3(O)CCN(C)CC3)CC2)CC1. The highest BCUT2D eigenvalue weighted by Gasteiger charge is 2.64. The maximum atomic E-state index is 13.1. The van der Waals surface area contributed by atoms with Crippen LogP contribution in [0.2, 0.25) is 0 Å². The molecule has 23 heavy (non-hydrogen) atoms. The molecule has 0 radical (unpaired) electrons. The van der Waals surface area contributed by atoms with Crippen molar-refractivity contribution in [2.24, 2.45) is 11.3 Å². The maximum Gasteiger partial charge on any atom is 0.231 e. The summed E-state index contributed by atoms with van der Waals surface area (Å²) in [5.41, 5.74) is -1.26. The lowest BCUT2D eigenvalue weighted by Crippen LogP contribution is -2.55. The fourth-order valence-electron chi connectivity index (χ4n) is 4.55. The van der Waals surface area contributed by atoms with Crippen molar-refractivity contribution in [3.8, 4) is 0 Å². The molecule has 0 aromatic rings. The average Bonchev–Trinajstić information content (AvgIpc) is 3.34. The van der Waals surface area contributed by atoms with E-state index in [-0.39, 0.29) is 5.91 Å². The molecule has 3 fully saturated rings. The third kappa shape index (κ3) is 3.28. The summed E-state index contributed by atoms with van der Waals surface area (Å²) in [4.78, 5) is 19.6. The van der Waals surface area contributed by atoms with E-state index in [0.29, 0.717) is 5.92 Å². The molecular formula is C18H33N3O2. The van der Waals surface area contributed by atoms with E-state index in [4.69, 9.17) is 0 Å². The fourth-order valence-corrected chi connectivity index (χ4v) is 4.55. The standard InChI is InChI=1S/C18H33N3O2/c1-19-10-4-15(5-11-19)14-21(3)16(22)17(6-7-17)18(23)8-12-20(2)13-9-18/h15,23H,4-14H2,1-3H3. The number of likely N-dealkylation sites (tertiary alicyclic amines) is 2. The van der Waals surface area contributed by atoms with E-state index >= 15 is 0 Å². The van der Waals surface area contributed by atoms with Crippen molar-refractivity contribution in [2.45, 2.75) is 44.1 Å². The Morgan fingerprint density at radius 1 is 1.04 bits per heavy atom. The zero-order chi connectivity index (χ0) is 16.7. The van der Waals surface area contributed by atoms with Gasteiger partial charge in [0.25, 0.3) is 0 Å². The maximum absolute atomic E-state index is 13.1. The third-order valence-electron chi connectivity index (χ3n) is 6.58. The number of carbonyl (C=O) groups is 1. The Morgan fingerprint density at radius 3 is 2.09 bits per heavy atom. The normalized spacial score (nSPS) is 28.5. The van der Waals surface area contributed by atoms with E-state index in [2.05, 4.69) is 23.9 Å². The molecule has 2 saturated heterocycles. The van der Waals surface area contributed by atoms with Crippen molar-refractivity contribution in [3.05, 3.63) is 0 Å². The molecule has 1 aliphatic carbocycles. The Hall–Kier alpha value is -0.650. The zero-order valence-corrected chi connectivity index (χ0v) is 15.1. The molecule has 1 saturated carbocycles. The topological polar surface area (TPSA) is 47.0 Å². The summed E-state index contributed by atoms with van der Waals surface area (Å²) >= 11 is 0. The second-order valence-electron chi connectivity index (χ2n) is 8.35. The molecule has 0 unspecified atom stereocenters. The van der Waals surface area contributed by atoms with Gasteiger partial charge in [-0.2, -0.15) is 0 Å². The first-order valence-corrected chi connectivity index (χ1v) is 9.21. The van der Waals surface area contributed by atoms with Crippen LogP contribution in [0.15, 0.2) is 0 Å². The number of rotatable bonds is 4. The summed E-state index contributed by atoms with van der Waals surface area (Å²) in [5, 5.41) is 11.2. The number of hydrogen-bond donors (Lipinski definition) is 1. The molecule has 2 aliphatic heterocycles. The number of amides is 1. The minimum absolute atomic E-state index is 0.198. The molecule has 5 heteroatoms. The molecule has 0 aromatic carbocycles. The molecular weight excluding hydrogens is 290 g/mol. The van der Waals surface area contributed by atoms with Crippen LogP contribution in [0.1, 0.15) is 38.5 Å². The van der Waals surface area contributed by atoms with E-state index in [9.17, 15) is 9.90 Å². The highest BCUT2D eigenvalue weighted by molar-refractivity contribution is 5.86. The smallest absolute Gasteiger partial charge is 0.231 e. The van der Waals surface area contributed by atoms with Crippen molar-refractivity contribution in [2.75, 3.05) is 53.9 Å². The Bertz CT molecular complexity index is 434. The van der Waals surface area contributed by atoms with Crippen LogP contribution in [0.5, 0.6) is 0 Å². The first kappa shape index (κ1) is 17.2. The molecule has 3 rings (SSSR count). The quantitative estimate of drug-likeness (QED) is 0.839. The van der Waals surface area contributed by atoms with Gasteiger partial charge in [-0.25, -0.2) is 0 Å². The van der Waals surface area contributed by atoms with E-state index in [1.165, 1.54) is 12.8 Å². The lowest BCUT2D eigenvalue weighted by molar-refractivity contribution is -0.153. The summed E-state index contributed by atoms with van der Waals surface area (Å²) in [5.74, 6) is 0.812. The van der Waals surface area contributed by atoms with E-state index in [1.807, 2.05) is 11.9 Å². The van der Waals surface area contributed by atoms with E-state index in [0.717, 1.165) is 58.4 Å². The van der Waals surface area contributed by atoms with Crippen LogP contribution in [0.25, 0.3) is 0 Å². The first-order valence-electron chi connectivity index (χ1n) is 9.21. The van der Waals surface area contributed by atoms with Crippen LogP contribution in [0.4, 0.5) is 0 Å². The first-order chi connectivity index (χ1) is 10.9. The Morgan fingerprint density at radius 2 is 1.57 bits per heavy atom. The van der Waals surface area contributed by atoms with Crippen LogP contribution in [0, 0.1) is 11.3 Å².